The zero-order chi connectivity index (χ0) is 15.4. The summed E-state index contributed by atoms with van der Waals surface area (Å²) in [6, 6.07) is 16.6. The van der Waals surface area contributed by atoms with Gasteiger partial charge in [0.2, 0.25) is 0 Å². The van der Waals surface area contributed by atoms with Gasteiger partial charge in [0.15, 0.2) is 0 Å². The van der Waals surface area contributed by atoms with E-state index in [9.17, 15) is 0 Å². The quantitative estimate of drug-likeness (QED) is 0.541. The summed E-state index contributed by atoms with van der Waals surface area (Å²) in [5.41, 5.74) is 10.3. The van der Waals surface area contributed by atoms with Gasteiger partial charge in [-0.25, -0.2) is 4.98 Å². The second-order valence-corrected chi connectivity index (χ2v) is 5.76. The van der Waals surface area contributed by atoms with Gasteiger partial charge in [0.25, 0.3) is 0 Å². The third-order valence-corrected chi connectivity index (χ3v) is 4.08. The molecule has 1 heterocycles. The number of hydrogen-bond acceptors (Lipinski definition) is 2. The number of rotatable bonds is 6. The number of hydrogen-bond donors (Lipinski definition) is 1. The molecule has 3 rings (SSSR count). The van der Waals surface area contributed by atoms with E-state index in [0.717, 1.165) is 35.5 Å². The monoisotopic (exact) mass is 293 g/mol. The van der Waals surface area contributed by atoms with Crippen molar-refractivity contribution in [3.63, 3.8) is 0 Å². The van der Waals surface area contributed by atoms with E-state index in [1.54, 1.807) is 0 Å². The van der Waals surface area contributed by atoms with E-state index in [2.05, 4.69) is 41.8 Å². The van der Waals surface area contributed by atoms with Crippen molar-refractivity contribution in [2.24, 2.45) is 0 Å². The Hall–Kier alpha value is -2.29. The number of anilines is 1. The lowest BCUT2D eigenvalue weighted by molar-refractivity contribution is 0.596. The number of para-hydroxylation sites is 1. The molecule has 0 spiro atoms. The lowest BCUT2D eigenvalue weighted by Gasteiger charge is -2.09. The summed E-state index contributed by atoms with van der Waals surface area (Å²) in [5, 5.41) is 0. The molecule has 3 nitrogen and oxygen atoms in total. The summed E-state index contributed by atoms with van der Waals surface area (Å²) in [7, 11) is 0. The Bertz CT molecular complexity index is 744. The maximum absolute atomic E-state index is 6.11. The van der Waals surface area contributed by atoms with Crippen LogP contribution in [0.25, 0.3) is 11.0 Å². The molecule has 22 heavy (non-hydrogen) atoms. The topological polar surface area (TPSA) is 43.8 Å². The van der Waals surface area contributed by atoms with Gasteiger partial charge in [-0.05, 0) is 24.1 Å². The van der Waals surface area contributed by atoms with Crippen LogP contribution in [0.2, 0.25) is 0 Å². The van der Waals surface area contributed by atoms with Crippen LogP contribution in [0.5, 0.6) is 0 Å². The van der Waals surface area contributed by atoms with Gasteiger partial charge in [-0.3, -0.25) is 0 Å². The van der Waals surface area contributed by atoms with Crippen LogP contribution in [0.15, 0.2) is 48.5 Å². The largest absolute Gasteiger partial charge is 0.397 e. The van der Waals surface area contributed by atoms with Crippen molar-refractivity contribution in [1.29, 1.82) is 0 Å². The van der Waals surface area contributed by atoms with E-state index in [-0.39, 0.29) is 0 Å². The van der Waals surface area contributed by atoms with Crippen LogP contribution < -0.4 is 5.73 Å². The maximum atomic E-state index is 6.11. The zero-order valence-corrected chi connectivity index (χ0v) is 13.1. The molecule has 0 amide bonds. The zero-order valence-electron chi connectivity index (χ0n) is 13.1. The molecule has 0 saturated heterocycles. The fraction of sp³-hybridized carbons (Fsp3) is 0.316. The Labute approximate surface area is 131 Å². The molecular weight excluding hydrogens is 270 g/mol. The van der Waals surface area contributed by atoms with Gasteiger partial charge in [-0.15, -0.1) is 0 Å². The van der Waals surface area contributed by atoms with E-state index < -0.39 is 0 Å². The molecule has 2 N–H and O–H groups in total. The fourth-order valence-electron chi connectivity index (χ4n) is 2.90. The normalized spacial score (nSPS) is 11.1. The van der Waals surface area contributed by atoms with E-state index >= 15 is 0 Å². The average molecular weight is 293 g/mol. The number of fused-ring (bicyclic) bond motifs is 1. The fourth-order valence-corrected chi connectivity index (χ4v) is 2.90. The smallest absolute Gasteiger partial charge is 0.114 e. The Morgan fingerprint density at radius 3 is 2.59 bits per heavy atom. The highest BCUT2D eigenvalue weighted by Crippen LogP contribution is 2.24. The van der Waals surface area contributed by atoms with Crippen molar-refractivity contribution in [3.8, 4) is 0 Å². The molecule has 0 aliphatic heterocycles. The Balaban J connectivity index is 1.99. The van der Waals surface area contributed by atoms with Crippen molar-refractivity contribution in [2.45, 2.75) is 39.2 Å². The number of benzene rings is 2. The highest BCUT2D eigenvalue weighted by molar-refractivity contribution is 5.87. The predicted octanol–water partition coefficient (Wildman–Crippen LogP) is 4.40. The molecule has 0 aliphatic carbocycles. The Morgan fingerprint density at radius 1 is 1.00 bits per heavy atom. The van der Waals surface area contributed by atoms with Crippen LogP contribution in [0.3, 0.4) is 0 Å². The van der Waals surface area contributed by atoms with Crippen LogP contribution >= 0.6 is 0 Å². The van der Waals surface area contributed by atoms with E-state index in [1.165, 1.54) is 24.8 Å². The van der Waals surface area contributed by atoms with Crippen LogP contribution in [-0.2, 0) is 13.0 Å². The van der Waals surface area contributed by atoms with Gasteiger partial charge >= 0.3 is 0 Å². The molecule has 2 aromatic carbocycles. The van der Waals surface area contributed by atoms with Crippen LogP contribution in [0, 0.1) is 0 Å². The molecule has 3 aromatic rings. The summed E-state index contributed by atoms with van der Waals surface area (Å²) in [4.78, 5) is 4.82. The molecule has 114 valence electrons. The number of imidazole rings is 1. The molecular formula is C19H23N3. The first kappa shape index (κ1) is 14.6. The summed E-state index contributed by atoms with van der Waals surface area (Å²) >= 11 is 0. The standard InChI is InChI=1S/C19H23N3/c1-2-3-7-13-22-17-12-8-11-16(20)19(17)21-18(22)14-15-9-5-4-6-10-15/h4-6,8-12H,2-3,7,13-14,20H2,1H3. The SMILES string of the molecule is CCCCCn1c(Cc2ccccc2)nc2c(N)cccc21. The van der Waals surface area contributed by atoms with Crippen molar-refractivity contribution in [3.05, 3.63) is 59.9 Å². The summed E-state index contributed by atoms with van der Waals surface area (Å²) < 4.78 is 2.34. The van der Waals surface area contributed by atoms with Gasteiger partial charge in [-0.1, -0.05) is 56.2 Å². The Kier molecular flexibility index (Phi) is 4.42. The van der Waals surface area contributed by atoms with Gasteiger partial charge in [0, 0.05) is 13.0 Å². The first-order chi connectivity index (χ1) is 10.8. The predicted molar refractivity (Wildman–Crippen MR) is 92.9 cm³/mol. The molecule has 0 saturated carbocycles. The molecule has 3 heteroatoms. The number of aryl methyl sites for hydroxylation is 1. The number of nitrogens with zero attached hydrogens (tertiary/aromatic N) is 2. The van der Waals surface area contributed by atoms with Crippen molar-refractivity contribution in [2.75, 3.05) is 5.73 Å². The molecule has 0 aliphatic rings. The first-order valence-electron chi connectivity index (χ1n) is 8.07. The van der Waals surface area contributed by atoms with Gasteiger partial charge in [-0.2, -0.15) is 0 Å². The summed E-state index contributed by atoms with van der Waals surface area (Å²) in [5.74, 6) is 1.11. The van der Waals surface area contributed by atoms with Crippen molar-refractivity contribution in [1.82, 2.24) is 9.55 Å². The van der Waals surface area contributed by atoms with Gasteiger partial charge in [0.05, 0.1) is 11.2 Å². The molecule has 0 fully saturated rings. The second-order valence-electron chi connectivity index (χ2n) is 5.76. The van der Waals surface area contributed by atoms with Gasteiger partial charge in [0.1, 0.15) is 11.3 Å². The minimum Gasteiger partial charge on any atom is -0.397 e. The molecule has 0 unspecified atom stereocenters. The number of aromatic nitrogens is 2. The van der Waals surface area contributed by atoms with Crippen molar-refractivity contribution < 1.29 is 0 Å². The molecule has 0 bridgehead atoms. The third-order valence-electron chi connectivity index (χ3n) is 4.08. The van der Waals surface area contributed by atoms with Crippen LogP contribution in [0.1, 0.15) is 37.6 Å². The highest BCUT2D eigenvalue weighted by atomic mass is 15.1. The molecule has 0 atom stereocenters. The lowest BCUT2D eigenvalue weighted by Crippen LogP contribution is -2.05. The van der Waals surface area contributed by atoms with Crippen molar-refractivity contribution >= 4 is 16.7 Å². The average Bonchev–Trinajstić information content (AvgIpc) is 2.88. The van der Waals surface area contributed by atoms with E-state index in [4.69, 9.17) is 10.7 Å². The van der Waals surface area contributed by atoms with E-state index in [1.807, 2.05) is 18.2 Å². The molecule has 0 radical (unpaired) electrons. The first-order valence-corrected chi connectivity index (χ1v) is 8.07. The third kappa shape index (κ3) is 2.98. The minimum atomic E-state index is 0.765. The Morgan fingerprint density at radius 2 is 1.82 bits per heavy atom. The number of nitrogen functional groups attached to an aromatic ring is 1. The summed E-state index contributed by atoms with van der Waals surface area (Å²) in [6.07, 6.45) is 4.50. The minimum absolute atomic E-state index is 0.765. The van der Waals surface area contributed by atoms with Crippen LogP contribution in [0.4, 0.5) is 5.69 Å². The summed E-state index contributed by atoms with van der Waals surface area (Å²) in [6.45, 7) is 3.24. The number of unbranched alkanes of at least 4 members (excludes halogenated alkanes) is 2. The van der Waals surface area contributed by atoms with Gasteiger partial charge < -0.3 is 10.3 Å². The number of nitrogens with two attached hydrogens (primary N) is 1. The highest BCUT2D eigenvalue weighted by Gasteiger charge is 2.12. The van der Waals surface area contributed by atoms with Crippen LogP contribution in [-0.4, -0.2) is 9.55 Å². The maximum Gasteiger partial charge on any atom is 0.114 e. The molecule has 1 aromatic heterocycles. The van der Waals surface area contributed by atoms with E-state index in [0.29, 0.717) is 0 Å². The lowest BCUT2D eigenvalue weighted by atomic mass is 10.1. The second kappa shape index (κ2) is 6.65.